The predicted molar refractivity (Wildman–Crippen MR) is 78.3 cm³/mol. The molecule has 20 heavy (non-hydrogen) atoms. The van der Waals surface area contributed by atoms with Gasteiger partial charge in [0.05, 0.1) is 5.69 Å². The van der Waals surface area contributed by atoms with Crippen LogP contribution in [0.2, 0.25) is 0 Å². The highest BCUT2D eigenvalue weighted by atomic mass is 16.2. The zero-order valence-corrected chi connectivity index (χ0v) is 11.5. The smallest absolute Gasteiger partial charge is 0.228 e. The van der Waals surface area contributed by atoms with Crippen molar-refractivity contribution in [2.75, 3.05) is 18.0 Å². The second-order valence-electron chi connectivity index (χ2n) is 5.26. The molecular formula is C15H18N4O. The number of aromatic amines is 1. The van der Waals surface area contributed by atoms with Gasteiger partial charge in [0.1, 0.15) is 0 Å². The maximum atomic E-state index is 12.0. The van der Waals surface area contributed by atoms with Crippen LogP contribution in [0.5, 0.6) is 0 Å². The highest BCUT2D eigenvalue weighted by molar-refractivity contribution is 5.95. The monoisotopic (exact) mass is 270 g/mol. The number of nitrogens with two attached hydrogens (primary N) is 1. The van der Waals surface area contributed by atoms with Gasteiger partial charge < -0.3 is 5.73 Å². The van der Waals surface area contributed by atoms with E-state index in [4.69, 9.17) is 5.73 Å². The summed E-state index contributed by atoms with van der Waals surface area (Å²) in [5, 5.41) is 7.29. The van der Waals surface area contributed by atoms with Crippen LogP contribution in [0.4, 0.5) is 5.82 Å². The number of rotatable bonds is 3. The van der Waals surface area contributed by atoms with Crippen LogP contribution in [-0.4, -0.2) is 29.2 Å². The number of aromatic nitrogens is 2. The van der Waals surface area contributed by atoms with Gasteiger partial charge in [0.25, 0.3) is 0 Å². The minimum atomic E-state index is 0.100. The summed E-state index contributed by atoms with van der Waals surface area (Å²) >= 11 is 0. The highest BCUT2D eigenvalue weighted by Crippen LogP contribution is 2.28. The minimum Gasteiger partial charge on any atom is -0.330 e. The van der Waals surface area contributed by atoms with Crippen LogP contribution in [0.15, 0.2) is 30.3 Å². The minimum absolute atomic E-state index is 0.100. The average Bonchev–Trinajstić information content (AvgIpc) is 3.05. The first-order chi connectivity index (χ1) is 9.69. The maximum Gasteiger partial charge on any atom is 0.228 e. The molecule has 0 spiro atoms. The molecule has 3 rings (SSSR count). The van der Waals surface area contributed by atoms with E-state index >= 15 is 0 Å². The second kappa shape index (κ2) is 5.09. The lowest BCUT2D eigenvalue weighted by atomic mass is 10.1. The number of nitrogens with one attached hydrogen (secondary N) is 1. The molecule has 5 heteroatoms. The Morgan fingerprint density at radius 2 is 2.25 bits per heavy atom. The van der Waals surface area contributed by atoms with Crippen molar-refractivity contribution in [1.82, 2.24) is 10.2 Å². The average molecular weight is 270 g/mol. The Hall–Kier alpha value is -2.14. The van der Waals surface area contributed by atoms with Crippen LogP contribution in [-0.2, 0) is 4.79 Å². The SMILES string of the molecule is Cc1ccccc1-c1cc(N2CC(CN)CC2=O)n[nH]1. The number of hydrogen-bond donors (Lipinski definition) is 2. The number of amides is 1. The van der Waals surface area contributed by atoms with Crippen LogP contribution in [0, 0.1) is 12.8 Å². The lowest BCUT2D eigenvalue weighted by molar-refractivity contribution is -0.117. The van der Waals surface area contributed by atoms with Crippen molar-refractivity contribution in [3.8, 4) is 11.3 Å². The Kier molecular flexibility index (Phi) is 3.28. The van der Waals surface area contributed by atoms with E-state index in [2.05, 4.69) is 23.2 Å². The maximum absolute atomic E-state index is 12.0. The number of carbonyl (C=O) groups is 1. The van der Waals surface area contributed by atoms with Gasteiger partial charge in [-0.1, -0.05) is 24.3 Å². The fourth-order valence-electron chi connectivity index (χ4n) is 2.62. The fourth-order valence-corrected chi connectivity index (χ4v) is 2.62. The van der Waals surface area contributed by atoms with Gasteiger partial charge >= 0.3 is 0 Å². The zero-order chi connectivity index (χ0) is 14.1. The lowest BCUT2D eigenvalue weighted by Gasteiger charge is -2.12. The molecule has 0 radical (unpaired) electrons. The van der Waals surface area contributed by atoms with Crippen molar-refractivity contribution in [3.63, 3.8) is 0 Å². The molecule has 1 aromatic carbocycles. The Balaban J connectivity index is 1.88. The van der Waals surface area contributed by atoms with Gasteiger partial charge in [-0.05, 0) is 24.9 Å². The summed E-state index contributed by atoms with van der Waals surface area (Å²) in [6, 6.07) is 10.0. The summed E-state index contributed by atoms with van der Waals surface area (Å²) in [6.07, 6.45) is 0.517. The fraction of sp³-hybridized carbons (Fsp3) is 0.333. The van der Waals surface area contributed by atoms with E-state index in [0.29, 0.717) is 25.3 Å². The molecule has 1 aliphatic rings. The van der Waals surface area contributed by atoms with E-state index in [1.807, 2.05) is 24.3 Å². The number of H-pyrrole nitrogens is 1. The standard InChI is InChI=1S/C15H18N4O/c1-10-4-2-3-5-12(10)13-7-14(18-17-13)19-9-11(8-16)6-15(19)20/h2-5,7,11H,6,8-9,16H2,1H3,(H,17,18). The molecule has 1 amide bonds. The quantitative estimate of drug-likeness (QED) is 0.891. The molecule has 0 saturated carbocycles. The highest BCUT2D eigenvalue weighted by Gasteiger charge is 2.31. The van der Waals surface area contributed by atoms with Gasteiger partial charge in [-0.3, -0.25) is 14.8 Å². The number of carbonyl (C=O) groups excluding carboxylic acids is 1. The van der Waals surface area contributed by atoms with Gasteiger partial charge in [-0.25, -0.2) is 0 Å². The van der Waals surface area contributed by atoms with Crippen molar-refractivity contribution >= 4 is 11.7 Å². The first-order valence-corrected chi connectivity index (χ1v) is 6.81. The molecule has 1 atom stereocenters. The Bertz CT molecular complexity index is 634. The van der Waals surface area contributed by atoms with Crippen LogP contribution < -0.4 is 10.6 Å². The third-order valence-corrected chi connectivity index (χ3v) is 3.81. The predicted octanol–water partition coefficient (Wildman–Crippen LogP) is 1.70. The first kappa shape index (κ1) is 12.9. The molecule has 1 unspecified atom stereocenters. The molecule has 0 bridgehead atoms. The van der Waals surface area contributed by atoms with Gasteiger partial charge in [-0.15, -0.1) is 0 Å². The van der Waals surface area contributed by atoms with Crippen LogP contribution in [0.1, 0.15) is 12.0 Å². The van der Waals surface area contributed by atoms with E-state index in [1.165, 1.54) is 5.56 Å². The molecule has 104 valence electrons. The zero-order valence-electron chi connectivity index (χ0n) is 11.5. The Labute approximate surface area is 117 Å². The third kappa shape index (κ3) is 2.20. The van der Waals surface area contributed by atoms with Crippen LogP contribution in [0.3, 0.4) is 0 Å². The summed E-state index contributed by atoms with van der Waals surface area (Å²) in [6.45, 7) is 3.26. The summed E-state index contributed by atoms with van der Waals surface area (Å²) in [5.74, 6) is 1.02. The van der Waals surface area contributed by atoms with Gasteiger partial charge in [-0.2, -0.15) is 5.10 Å². The largest absolute Gasteiger partial charge is 0.330 e. The van der Waals surface area contributed by atoms with Crippen LogP contribution >= 0.6 is 0 Å². The van der Waals surface area contributed by atoms with Gasteiger partial charge in [0, 0.05) is 24.6 Å². The summed E-state index contributed by atoms with van der Waals surface area (Å²) in [5.41, 5.74) is 8.86. The molecule has 1 aromatic heterocycles. The molecule has 0 aliphatic carbocycles. The molecule has 3 N–H and O–H groups in total. The number of benzene rings is 1. The Morgan fingerprint density at radius 3 is 2.95 bits per heavy atom. The third-order valence-electron chi connectivity index (χ3n) is 3.81. The number of nitrogens with zero attached hydrogens (tertiary/aromatic N) is 2. The Morgan fingerprint density at radius 1 is 1.45 bits per heavy atom. The van der Waals surface area contributed by atoms with E-state index in [0.717, 1.165) is 11.3 Å². The van der Waals surface area contributed by atoms with Crippen molar-refractivity contribution in [2.24, 2.45) is 11.7 Å². The lowest BCUT2D eigenvalue weighted by Crippen LogP contribution is -2.26. The van der Waals surface area contributed by atoms with Crippen LogP contribution in [0.25, 0.3) is 11.3 Å². The number of hydrogen-bond acceptors (Lipinski definition) is 3. The molecule has 2 aromatic rings. The van der Waals surface area contributed by atoms with Crippen molar-refractivity contribution in [1.29, 1.82) is 0 Å². The molecular weight excluding hydrogens is 252 g/mol. The first-order valence-electron chi connectivity index (χ1n) is 6.81. The normalized spacial score (nSPS) is 18.8. The van der Waals surface area contributed by atoms with E-state index in [-0.39, 0.29) is 11.8 Å². The van der Waals surface area contributed by atoms with Crippen molar-refractivity contribution in [3.05, 3.63) is 35.9 Å². The number of aryl methyl sites for hydroxylation is 1. The molecule has 1 fully saturated rings. The topological polar surface area (TPSA) is 75.0 Å². The summed E-state index contributed by atoms with van der Waals surface area (Å²) in [4.78, 5) is 13.7. The molecule has 5 nitrogen and oxygen atoms in total. The van der Waals surface area contributed by atoms with E-state index in [1.54, 1.807) is 4.90 Å². The second-order valence-corrected chi connectivity index (χ2v) is 5.26. The van der Waals surface area contributed by atoms with Gasteiger partial charge in [0.2, 0.25) is 5.91 Å². The summed E-state index contributed by atoms with van der Waals surface area (Å²) < 4.78 is 0. The molecule has 2 heterocycles. The van der Waals surface area contributed by atoms with E-state index < -0.39 is 0 Å². The van der Waals surface area contributed by atoms with Crippen molar-refractivity contribution < 1.29 is 4.79 Å². The van der Waals surface area contributed by atoms with Gasteiger partial charge in [0.15, 0.2) is 5.82 Å². The molecule has 1 saturated heterocycles. The number of anilines is 1. The van der Waals surface area contributed by atoms with E-state index in [9.17, 15) is 4.79 Å². The molecule has 1 aliphatic heterocycles. The summed E-state index contributed by atoms with van der Waals surface area (Å²) in [7, 11) is 0. The van der Waals surface area contributed by atoms with Crippen molar-refractivity contribution in [2.45, 2.75) is 13.3 Å².